The Bertz CT molecular complexity index is 346. The molecule has 0 atom stereocenters. The largest absolute Gasteiger partial charge is 0.315 e. The topological polar surface area (TPSA) is 15.3 Å². The number of hydrogen-bond acceptors (Lipinski definition) is 2. The summed E-state index contributed by atoms with van der Waals surface area (Å²) in [6.07, 6.45) is 5.76. The molecule has 0 radical (unpaired) electrons. The maximum absolute atomic E-state index is 3.43. The molecule has 92 valence electrons. The molecule has 1 saturated heterocycles. The van der Waals surface area contributed by atoms with Crippen LogP contribution in [-0.4, -0.2) is 37.6 Å². The summed E-state index contributed by atoms with van der Waals surface area (Å²) in [6.45, 7) is 7.85. The second kappa shape index (κ2) is 6.58. The Morgan fingerprint density at radius 1 is 1.18 bits per heavy atom. The molecule has 0 bridgehead atoms. The third-order valence-electron chi connectivity index (χ3n) is 3.18. The molecule has 1 aromatic rings. The van der Waals surface area contributed by atoms with Crippen LogP contribution in [0.15, 0.2) is 30.3 Å². The third kappa shape index (κ3) is 4.33. The lowest BCUT2D eigenvalue weighted by atomic mass is 10.1. The second-order valence-corrected chi connectivity index (χ2v) is 4.72. The summed E-state index contributed by atoms with van der Waals surface area (Å²) in [5.74, 6) is 0. The lowest BCUT2D eigenvalue weighted by Gasteiger charge is -2.16. The van der Waals surface area contributed by atoms with Crippen LogP contribution in [0.4, 0.5) is 0 Å². The van der Waals surface area contributed by atoms with E-state index in [0.29, 0.717) is 0 Å². The van der Waals surface area contributed by atoms with E-state index in [-0.39, 0.29) is 0 Å². The van der Waals surface area contributed by atoms with Gasteiger partial charge in [0.1, 0.15) is 0 Å². The molecule has 1 N–H and O–H groups in total. The number of rotatable bonds is 3. The first-order valence-electron chi connectivity index (χ1n) is 6.51. The number of nitrogens with zero attached hydrogens (tertiary/aromatic N) is 1. The molecular weight excluding hydrogens is 208 g/mol. The van der Waals surface area contributed by atoms with Crippen molar-refractivity contribution in [3.05, 3.63) is 41.5 Å². The molecule has 0 amide bonds. The van der Waals surface area contributed by atoms with Crippen LogP contribution in [-0.2, 0) is 0 Å². The van der Waals surface area contributed by atoms with Crippen molar-refractivity contribution >= 4 is 6.08 Å². The fourth-order valence-corrected chi connectivity index (χ4v) is 2.10. The Balaban J connectivity index is 1.82. The zero-order valence-electron chi connectivity index (χ0n) is 10.7. The molecule has 0 saturated carbocycles. The van der Waals surface area contributed by atoms with E-state index in [2.05, 4.69) is 53.6 Å². The SMILES string of the molecule is Cc1ccc(/C=C/CN2CCCNCC2)cc1. The summed E-state index contributed by atoms with van der Waals surface area (Å²) < 4.78 is 0. The zero-order valence-corrected chi connectivity index (χ0v) is 10.7. The first kappa shape index (κ1) is 12.3. The third-order valence-corrected chi connectivity index (χ3v) is 3.18. The second-order valence-electron chi connectivity index (χ2n) is 4.72. The fourth-order valence-electron chi connectivity index (χ4n) is 2.10. The molecule has 1 fully saturated rings. The van der Waals surface area contributed by atoms with Crippen molar-refractivity contribution in [3.8, 4) is 0 Å². The summed E-state index contributed by atoms with van der Waals surface area (Å²) >= 11 is 0. The van der Waals surface area contributed by atoms with Crippen LogP contribution in [0.3, 0.4) is 0 Å². The number of benzene rings is 1. The van der Waals surface area contributed by atoms with E-state index >= 15 is 0 Å². The average molecular weight is 230 g/mol. The van der Waals surface area contributed by atoms with E-state index in [1.165, 1.54) is 24.1 Å². The van der Waals surface area contributed by atoms with Gasteiger partial charge in [-0.05, 0) is 32.0 Å². The van der Waals surface area contributed by atoms with Crippen LogP contribution >= 0.6 is 0 Å². The van der Waals surface area contributed by atoms with Gasteiger partial charge in [0.15, 0.2) is 0 Å². The van der Waals surface area contributed by atoms with E-state index in [1.807, 2.05) is 0 Å². The van der Waals surface area contributed by atoms with Gasteiger partial charge in [-0.25, -0.2) is 0 Å². The molecule has 2 heteroatoms. The van der Waals surface area contributed by atoms with Crippen molar-refractivity contribution in [2.75, 3.05) is 32.7 Å². The van der Waals surface area contributed by atoms with Crippen LogP contribution in [0.2, 0.25) is 0 Å². The lowest BCUT2D eigenvalue weighted by Crippen LogP contribution is -2.28. The molecule has 0 spiro atoms. The molecule has 1 aliphatic rings. The summed E-state index contributed by atoms with van der Waals surface area (Å²) in [4.78, 5) is 2.50. The lowest BCUT2D eigenvalue weighted by molar-refractivity contribution is 0.324. The molecule has 1 aromatic carbocycles. The molecule has 0 aromatic heterocycles. The van der Waals surface area contributed by atoms with Gasteiger partial charge >= 0.3 is 0 Å². The number of hydrogen-bond donors (Lipinski definition) is 1. The van der Waals surface area contributed by atoms with Gasteiger partial charge in [0.2, 0.25) is 0 Å². The predicted molar refractivity (Wildman–Crippen MR) is 74.1 cm³/mol. The average Bonchev–Trinajstić information content (AvgIpc) is 2.60. The maximum atomic E-state index is 3.43. The van der Waals surface area contributed by atoms with Crippen molar-refractivity contribution in [2.45, 2.75) is 13.3 Å². The Labute approximate surface area is 104 Å². The minimum Gasteiger partial charge on any atom is -0.315 e. The molecule has 2 nitrogen and oxygen atoms in total. The van der Waals surface area contributed by atoms with Gasteiger partial charge in [-0.2, -0.15) is 0 Å². The minimum atomic E-state index is 1.07. The molecule has 0 aliphatic carbocycles. The van der Waals surface area contributed by atoms with Gasteiger partial charge in [-0.15, -0.1) is 0 Å². The highest BCUT2D eigenvalue weighted by atomic mass is 15.1. The van der Waals surface area contributed by atoms with Crippen molar-refractivity contribution in [1.82, 2.24) is 10.2 Å². The van der Waals surface area contributed by atoms with E-state index < -0.39 is 0 Å². The summed E-state index contributed by atoms with van der Waals surface area (Å²) in [6, 6.07) is 8.68. The first-order valence-corrected chi connectivity index (χ1v) is 6.51. The highest BCUT2D eigenvalue weighted by Gasteiger charge is 2.05. The molecule has 0 unspecified atom stereocenters. The Morgan fingerprint density at radius 2 is 2.00 bits per heavy atom. The minimum absolute atomic E-state index is 1.07. The van der Waals surface area contributed by atoms with E-state index in [1.54, 1.807) is 0 Å². The van der Waals surface area contributed by atoms with E-state index in [9.17, 15) is 0 Å². The molecular formula is C15H22N2. The normalized spacial score (nSPS) is 18.4. The monoisotopic (exact) mass is 230 g/mol. The standard InChI is InChI=1S/C15H22N2/c1-14-5-7-15(8-6-14)4-2-11-17-12-3-9-16-10-13-17/h2,4-8,16H,3,9-13H2,1H3/b4-2+. The van der Waals surface area contributed by atoms with Crippen molar-refractivity contribution < 1.29 is 0 Å². The van der Waals surface area contributed by atoms with Gasteiger partial charge in [-0.3, -0.25) is 4.90 Å². The quantitative estimate of drug-likeness (QED) is 0.857. The Hall–Kier alpha value is -1.12. The van der Waals surface area contributed by atoms with E-state index in [0.717, 1.165) is 26.2 Å². The highest BCUT2D eigenvalue weighted by Crippen LogP contribution is 2.05. The van der Waals surface area contributed by atoms with Crippen molar-refractivity contribution in [1.29, 1.82) is 0 Å². The molecule has 1 aliphatic heterocycles. The van der Waals surface area contributed by atoms with Crippen LogP contribution in [0.25, 0.3) is 6.08 Å². The summed E-state index contributed by atoms with van der Waals surface area (Å²) in [5, 5.41) is 3.43. The van der Waals surface area contributed by atoms with Crippen LogP contribution in [0.1, 0.15) is 17.5 Å². The number of nitrogens with one attached hydrogen (secondary N) is 1. The Morgan fingerprint density at radius 3 is 2.82 bits per heavy atom. The van der Waals surface area contributed by atoms with Crippen molar-refractivity contribution in [3.63, 3.8) is 0 Å². The Kier molecular flexibility index (Phi) is 4.77. The summed E-state index contributed by atoms with van der Waals surface area (Å²) in [7, 11) is 0. The summed E-state index contributed by atoms with van der Waals surface area (Å²) in [5.41, 5.74) is 2.62. The molecule has 2 rings (SSSR count). The smallest absolute Gasteiger partial charge is 0.0167 e. The highest BCUT2D eigenvalue weighted by molar-refractivity contribution is 5.49. The van der Waals surface area contributed by atoms with Crippen LogP contribution in [0.5, 0.6) is 0 Å². The van der Waals surface area contributed by atoms with Gasteiger partial charge in [0.05, 0.1) is 0 Å². The van der Waals surface area contributed by atoms with Gasteiger partial charge in [0.25, 0.3) is 0 Å². The predicted octanol–water partition coefficient (Wildman–Crippen LogP) is 2.30. The molecule has 1 heterocycles. The number of aryl methyl sites for hydroxylation is 1. The van der Waals surface area contributed by atoms with Crippen molar-refractivity contribution in [2.24, 2.45) is 0 Å². The fraction of sp³-hybridized carbons (Fsp3) is 0.467. The van der Waals surface area contributed by atoms with Crippen LogP contribution < -0.4 is 5.32 Å². The van der Waals surface area contributed by atoms with Crippen LogP contribution in [0, 0.1) is 6.92 Å². The zero-order chi connectivity index (χ0) is 11.9. The van der Waals surface area contributed by atoms with Gasteiger partial charge in [-0.1, -0.05) is 42.0 Å². The van der Waals surface area contributed by atoms with E-state index in [4.69, 9.17) is 0 Å². The van der Waals surface area contributed by atoms with Gasteiger partial charge in [0, 0.05) is 19.6 Å². The maximum Gasteiger partial charge on any atom is 0.0167 e. The first-order chi connectivity index (χ1) is 8.34. The van der Waals surface area contributed by atoms with Gasteiger partial charge < -0.3 is 5.32 Å². The molecule has 17 heavy (non-hydrogen) atoms.